The molecule has 2 N–H and O–H groups in total. The van der Waals surface area contributed by atoms with Gasteiger partial charge in [-0.1, -0.05) is 25.3 Å². The van der Waals surface area contributed by atoms with Crippen LogP contribution in [0.3, 0.4) is 0 Å². The lowest BCUT2D eigenvalue weighted by molar-refractivity contribution is -0.384. The fourth-order valence-electron chi connectivity index (χ4n) is 4.71. The summed E-state index contributed by atoms with van der Waals surface area (Å²) in [5.41, 5.74) is 3.57. The van der Waals surface area contributed by atoms with Crippen molar-refractivity contribution in [1.29, 1.82) is 5.26 Å². The molecule has 9 heteroatoms. The number of anilines is 1. The van der Waals surface area contributed by atoms with E-state index in [0.29, 0.717) is 23.5 Å². The second-order valence-corrected chi connectivity index (χ2v) is 10.1. The Morgan fingerprint density at radius 3 is 2.69 bits per heavy atom. The molecular weight excluding hydrogens is 474 g/mol. The largest absolute Gasteiger partial charge is 0.377 e. The van der Waals surface area contributed by atoms with Crippen molar-refractivity contribution in [2.75, 3.05) is 5.32 Å². The van der Waals surface area contributed by atoms with Crippen LogP contribution < -0.4 is 10.6 Å². The van der Waals surface area contributed by atoms with Crippen LogP contribution in [-0.2, 0) is 11.3 Å². The second-order valence-electron chi connectivity index (χ2n) is 9.03. The number of nitro groups is 1. The summed E-state index contributed by atoms with van der Waals surface area (Å²) in [4.78, 5) is 25.1. The first-order valence-corrected chi connectivity index (χ1v) is 12.9. The number of rotatable bonds is 8. The van der Waals surface area contributed by atoms with Crippen molar-refractivity contribution < 1.29 is 9.72 Å². The van der Waals surface area contributed by atoms with Crippen LogP contribution in [0, 0.1) is 35.3 Å². The SMILES string of the molecule is Cc1cc(C=C(C#N)C(=O)NCc2cccs2)c(C)n1-c1ccc(NC2CCCCC2)c([N+](=O)[O-])c1. The Labute approximate surface area is 214 Å². The van der Waals surface area contributed by atoms with Crippen LogP contribution in [0.5, 0.6) is 0 Å². The van der Waals surface area contributed by atoms with Crippen molar-refractivity contribution in [3.05, 3.63) is 79.3 Å². The van der Waals surface area contributed by atoms with Crippen LogP contribution in [0.4, 0.5) is 11.4 Å². The number of nitrogens with one attached hydrogen (secondary N) is 2. The highest BCUT2D eigenvalue weighted by Gasteiger charge is 2.21. The van der Waals surface area contributed by atoms with Gasteiger partial charge in [0.25, 0.3) is 11.6 Å². The molecule has 0 saturated heterocycles. The van der Waals surface area contributed by atoms with Crippen molar-refractivity contribution in [1.82, 2.24) is 9.88 Å². The van der Waals surface area contributed by atoms with Gasteiger partial charge in [0, 0.05) is 28.4 Å². The molecule has 186 valence electrons. The van der Waals surface area contributed by atoms with Gasteiger partial charge in [0.05, 0.1) is 17.2 Å². The van der Waals surface area contributed by atoms with Crippen LogP contribution >= 0.6 is 11.3 Å². The molecule has 1 aliphatic rings. The molecule has 1 amide bonds. The molecule has 36 heavy (non-hydrogen) atoms. The minimum atomic E-state index is -0.440. The molecule has 0 atom stereocenters. The number of aromatic nitrogens is 1. The zero-order valence-electron chi connectivity index (χ0n) is 20.4. The highest BCUT2D eigenvalue weighted by atomic mass is 32.1. The number of nitro benzene ring substituents is 1. The number of nitrogens with zero attached hydrogens (tertiary/aromatic N) is 3. The van der Waals surface area contributed by atoms with E-state index in [1.54, 1.807) is 18.2 Å². The summed E-state index contributed by atoms with van der Waals surface area (Å²) in [6, 6.07) is 13.2. The second kappa shape index (κ2) is 11.2. The predicted octanol–water partition coefficient (Wildman–Crippen LogP) is 6.03. The van der Waals surface area contributed by atoms with Gasteiger partial charge in [-0.25, -0.2) is 0 Å². The minimum Gasteiger partial charge on any atom is -0.377 e. The molecule has 3 aromatic rings. The Morgan fingerprint density at radius 2 is 2.03 bits per heavy atom. The molecule has 1 aliphatic carbocycles. The topological polar surface area (TPSA) is 113 Å². The van der Waals surface area contributed by atoms with Gasteiger partial charge in [0.2, 0.25) is 0 Å². The molecule has 0 unspecified atom stereocenters. The molecule has 1 saturated carbocycles. The van der Waals surface area contributed by atoms with Gasteiger partial charge >= 0.3 is 0 Å². The molecule has 1 aromatic carbocycles. The third-order valence-electron chi connectivity index (χ3n) is 6.54. The third kappa shape index (κ3) is 5.66. The van der Waals surface area contributed by atoms with E-state index < -0.39 is 5.91 Å². The Hall–Kier alpha value is -3.90. The molecule has 1 fully saturated rings. The van der Waals surface area contributed by atoms with Gasteiger partial charge in [-0.2, -0.15) is 5.26 Å². The highest BCUT2D eigenvalue weighted by molar-refractivity contribution is 7.09. The van der Waals surface area contributed by atoms with E-state index in [1.165, 1.54) is 17.8 Å². The summed E-state index contributed by atoms with van der Waals surface area (Å²) in [6.45, 7) is 4.13. The predicted molar refractivity (Wildman–Crippen MR) is 142 cm³/mol. The number of thiophene rings is 1. The first-order valence-electron chi connectivity index (χ1n) is 12.0. The number of carbonyl (C=O) groups is 1. The normalized spacial score (nSPS) is 14.3. The van der Waals surface area contributed by atoms with E-state index in [2.05, 4.69) is 10.6 Å². The summed E-state index contributed by atoms with van der Waals surface area (Å²) < 4.78 is 1.90. The number of hydrogen-bond donors (Lipinski definition) is 2. The van der Waals surface area contributed by atoms with Crippen molar-refractivity contribution in [2.45, 2.75) is 58.5 Å². The molecule has 0 radical (unpaired) electrons. The van der Waals surface area contributed by atoms with E-state index in [1.807, 2.05) is 54.1 Å². The smallest absolute Gasteiger partial charge is 0.294 e. The van der Waals surface area contributed by atoms with Gasteiger partial charge in [0.1, 0.15) is 17.3 Å². The lowest BCUT2D eigenvalue weighted by atomic mass is 9.95. The van der Waals surface area contributed by atoms with Crippen molar-refractivity contribution >= 4 is 34.7 Å². The molecule has 0 aliphatic heterocycles. The number of carbonyl (C=O) groups excluding carboxylic acids is 1. The van der Waals surface area contributed by atoms with E-state index in [4.69, 9.17) is 0 Å². The first kappa shape index (κ1) is 25.2. The average Bonchev–Trinajstić information content (AvgIpc) is 3.49. The third-order valence-corrected chi connectivity index (χ3v) is 7.42. The van der Waals surface area contributed by atoms with Crippen molar-refractivity contribution in [3.63, 3.8) is 0 Å². The molecule has 2 heterocycles. The van der Waals surface area contributed by atoms with E-state index in [-0.39, 0.29) is 22.2 Å². The van der Waals surface area contributed by atoms with E-state index in [0.717, 1.165) is 41.9 Å². The number of hydrogen-bond acceptors (Lipinski definition) is 6. The summed E-state index contributed by atoms with van der Waals surface area (Å²) >= 11 is 1.53. The van der Waals surface area contributed by atoms with Gasteiger partial charge in [0.15, 0.2) is 0 Å². The molecular formula is C27H29N5O3S. The van der Waals surface area contributed by atoms with Gasteiger partial charge < -0.3 is 15.2 Å². The van der Waals surface area contributed by atoms with Gasteiger partial charge in [-0.15, -0.1) is 11.3 Å². The number of amides is 1. The lowest BCUT2D eigenvalue weighted by Gasteiger charge is -2.24. The van der Waals surface area contributed by atoms with E-state index in [9.17, 15) is 20.2 Å². The minimum absolute atomic E-state index is 0.00446. The summed E-state index contributed by atoms with van der Waals surface area (Å²) in [5, 5.41) is 29.6. The molecule has 8 nitrogen and oxygen atoms in total. The molecule has 4 rings (SSSR count). The Morgan fingerprint density at radius 1 is 1.25 bits per heavy atom. The van der Waals surface area contributed by atoms with Crippen molar-refractivity contribution in [3.8, 4) is 11.8 Å². The maximum atomic E-state index is 12.6. The van der Waals surface area contributed by atoms with Crippen LogP contribution in [0.1, 0.15) is 53.9 Å². The van der Waals surface area contributed by atoms with Gasteiger partial charge in [-0.3, -0.25) is 14.9 Å². The van der Waals surface area contributed by atoms with Gasteiger partial charge in [-0.05, 0) is 68.0 Å². The summed E-state index contributed by atoms with van der Waals surface area (Å²) in [7, 11) is 0. The standard InChI is InChI=1S/C27H29N5O3S/c1-18-13-20(14-21(16-28)27(33)29-17-24-9-6-12-36-24)19(2)31(18)23-10-11-25(26(15-23)32(34)35)30-22-7-4-3-5-8-22/h6,9-15,22,30H,3-5,7-8,17H2,1-2H3,(H,29,33). The van der Waals surface area contributed by atoms with Crippen LogP contribution in [0.25, 0.3) is 11.8 Å². The Kier molecular flexibility index (Phi) is 7.86. The number of benzene rings is 1. The average molecular weight is 504 g/mol. The number of aryl methyl sites for hydroxylation is 1. The van der Waals surface area contributed by atoms with Crippen LogP contribution in [0.15, 0.2) is 47.4 Å². The van der Waals surface area contributed by atoms with E-state index >= 15 is 0 Å². The molecule has 0 bridgehead atoms. The summed E-state index contributed by atoms with van der Waals surface area (Å²) in [6.07, 6.45) is 7.10. The molecule has 0 spiro atoms. The highest BCUT2D eigenvalue weighted by Crippen LogP contribution is 2.32. The Bertz CT molecular complexity index is 1330. The zero-order valence-corrected chi connectivity index (χ0v) is 21.2. The first-order chi connectivity index (χ1) is 17.4. The maximum absolute atomic E-state index is 12.6. The zero-order chi connectivity index (χ0) is 25.7. The van der Waals surface area contributed by atoms with Crippen LogP contribution in [0.2, 0.25) is 0 Å². The summed E-state index contributed by atoms with van der Waals surface area (Å²) in [5.74, 6) is -0.440. The number of nitriles is 1. The Balaban J connectivity index is 1.60. The van der Waals surface area contributed by atoms with Crippen molar-refractivity contribution in [2.24, 2.45) is 0 Å². The fraction of sp³-hybridized carbons (Fsp3) is 0.333. The lowest BCUT2D eigenvalue weighted by Crippen LogP contribution is -2.23. The quantitative estimate of drug-likeness (QED) is 0.169. The van der Waals surface area contributed by atoms with Crippen LogP contribution in [-0.4, -0.2) is 21.4 Å². The molecule has 2 aromatic heterocycles. The maximum Gasteiger partial charge on any atom is 0.294 e. The fourth-order valence-corrected chi connectivity index (χ4v) is 5.35. The monoisotopic (exact) mass is 503 g/mol.